The second-order valence-corrected chi connectivity index (χ2v) is 5.12. The summed E-state index contributed by atoms with van der Waals surface area (Å²) in [7, 11) is 1.35. The van der Waals surface area contributed by atoms with E-state index in [4.69, 9.17) is 9.47 Å². The van der Waals surface area contributed by atoms with Gasteiger partial charge < -0.3 is 14.8 Å². The maximum Gasteiger partial charge on any atom is 0.414 e. The van der Waals surface area contributed by atoms with Crippen molar-refractivity contribution in [3.8, 4) is 5.75 Å². The van der Waals surface area contributed by atoms with Gasteiger partial charge in [0, 0.05) is 16.9 Å². The van der Waals surface area contributed by atoms with Crippen molar-refractivity contribution in [2.24, 2.45) is 0 Å². The Balaban J connectivity index is 1.77. The summed E-state index contributed by atoms with van der Waals surface area (Å²) >= 11 is 0. The van der Waals surface area contributed by atoms with E-state index in [1.54, 1.807) is 24.3 Å². The predicted molar refractivity (Wildman–Crippen MR) is 86.0 cm³/mol. The molecule has 1 saturated heterocycles. The number of ether oxygens (including phenoxy) is 2. The third-order valence-corrected chi connectivity index (χ3v) is 3.59. The lowest BCUT2D eigenvalue weighted by Crippen LogP contribution is -2.23. The summed E-state index contributed by atoms with van der Waals surface area (Å²) in [5.41, 5.74) is 1.28. The normalized spacial score (nSPS) is 13.6. The zero-order valence-electron chi connectivity index (χ0n) is 12.9. The van der Waals surface area contributed by atoms with Crippen molar-refractivity contribution < 1.29 is 23.5 Å². The summed E-state index contributed by atoms with van der Waals surface area (Å²) in [6.45, 7) is 0.792. The van der Waals surface area contributed by atoms with Crippen molar-refractivity contribution in [3.63, 3.8) is 0 Å². The average molecular weight is 330 g/mol. The minimum atomic E-state index is -0.612. The number of nitrogens with zero attached hydrogens (tertiary/aromatic N) is 1. The van der Waals surface area contributed by atoms with Crippen LogP contribution in [0.1, 0.15) is 10.4 Å². The van der Waals surface area contributed by atoms with Crippen LogP contribution in [0.3, 0.4) is 0 Å². The quantitative estimate of drug-likeness (QED) is 0.935. The fourth-order valence-electron chi connectivity index (χ4n) is 2.39. The first-order chi connectivity index (χ1) is 11.6. The van der Waals surface area contributed by atoms with Gasteiger partial charge in [0.1, 0.15) is 6.61 Å². The highest BCUT2D eigenvalue weighted by Gasteiger charge is 2.23. The number of carbonyl (C=O) groups is 2. The summed E-state index contributed by atoms with van der Waals surface area (Å²) < 4.78 is 23.4. The van der Waals surface area contributed by atoms with Crippen molar-refractivity contribution in [1.82, 2.24) is 0 Å². The van der Waals surface area contributed by atoms with Gasteiger partial charge in [-0.25, -0.2) is 9.18 Å². The lowest BCUT2D eigenvalue weighted by atomic mass is 10.2. The van der Waals surface area contributed by atoms with Gasteiger partial charge >= 0.3 is 6.09 Å². The van der Waals surface area contributed by atoms with Crippen molar-refractivity contribution in [2.75, 3.05) is 30.5 Å². The molecule has 0 radical (unpaired) electrons. The second-order valence-electron chi connectivity index (χ2n) is 5.12. The average Bonchev–Trinajstić information content (AvgIpc) is 3.01. The molecular weight excluding hydrogens is 315 g/mol. The highest BCUT2D eigenvalue weighted by Crippen LogP contribution is 2.23. The molecular formula is C17H15FN2O4. The number of halogens is 1. The fraction of sp³-hybridized carbons (Fsp3) is 0.176. The molecule has 0 aromatic heterocycles. The van der Waals surface area contributed by atoms with Gasteiger partial charge in [-0.2, -0.15) is 0 Å². The molecule has 0 spiro atoms. The predicted octanol–water partition coefficient (Wildman–Crippen LogP) is 3.04. The second kappa shape index (κ2) is 6.57. The molecule has 1 heterocycles. The topological polar surface area (TPSA) is 67.9 Å². The molecule has 1 fully saturated rings. The first kappa shape index (κ1) is 15.8. The third-order valence-electron chi connectivity index (χ3n) is 3.59. The molecule has 124 valence electrons. The number of nitrogens with one attached hydrogen (secondary N) is 1. The van der Waals surface area contributed by atoms with Crippen LogP contribution in [0.5, 0.6) is 5.75 Å². The number of methoxy groups -OCH3 is 1. The summed E-state index contributed by atoms with van der Waals surface area (Å²) in [5, 5.41) is 2.68. The van der Waals surface area contributed by atoms with Crippen molar-refractivity contribution in [1.29, 1.82) is 0 Å². The molecule has 0 aliphatic carbocycles. The Hall–Kier alpha value is -3.09. The van der Waals surface area contributed by atoms with Gasteiger partial charge in [0.2, 0.25) is 0 Å². The van der Waals surface area contributed by atoms with Gasteiger partial charge in [0.15, 0.2) is 11.6 Å². The number of rotatable bonds is 4. The van der Waals surface area contributed by atoms with Crippen molar-refractivity contribution in [3.05, 3.63) is 53.8 Å². The number of anilines is 2. The van der Waals surface area contributed by atoms with Crippen molar-refractivity contribution in [2.45, 2.75) is 0 Å². The van der Waals surface area contributed by atoms with E-state index in [0.29, 0.717) is 24.5 Å². The number of amides is 2. The SMILES string of the molecule is COc1ccc(C(=O)Nc2cccc(N3CCOC3=O)c2)cc1F. The number of carbonyl (C=O) groups excluding carboxylic acids is 2. The lowest BCUT2D eigenvalue weighted by Gasteiger charge is -2.14. The van der Waals surface area contributed by atoms with E-state index in [2.05, 4.69) is 5.32 Å². The minimum Gasteiger partial charge on any atom is -0.494 e. The Morgan fingerprint density at radius 1 is 1.29 bits per heavy atom. The van der Waals surface area contributed by atoms with Gasteiger partial charge in [-0.05, 0) is 36.4 Å². The van der Waals surface area contributed by atoms with E-state index in [-0.39, 0.29) is 11.3 Å². The van der Waals surface area contributed by atoms with Crippen LogP contribution in [0, 0.1) is 5.82 Å². The van der Waals surface area contributed by atoms with E-state index < -0.39 is 17.8 Å². The van der Waals surface area contributed by atoms with Crippen LogP contribution in [0.15, 0.2) is 42.5 Å². The molecule has 0 atom stereocenters. The summed E-state index contributed by atoms with van der Waals surface area (Å²) in [5.74, 6) is -1.00. The monoisotopic (exact) mass is 330 g/mol. The van der Waals surface area contributed by atoms with E-state index in [1.165, 1.54) is 24.1 Å². The Morgan fingerprint density at radius 3 is 2.79 bits per heavy atom. The van der Waals surface area contributed by atoms with Crippen LogP contribution in [0.2, 0.25) is 0 Å². The molecule has 2 aromatic carbocycles. The number of benzene rings is 2. The third kappa shape index (κ3) is 3.15. The van der Waals surface area contributed by atoms with Crippen LogP contribution in [0.25, 0.3) is 0 Å². The number of hydrogen-bond acceptors (Lipinski definition) is 4. The molecule has 0 saturated carbocycles. The van der Waals surface area contributed by atoms with Crippen molar-refractivity contribution >= 4 is 23.4 Å². The molecule has 2 aromatic rings. The first-order valence-electron chi connectivity index (χ1n) is 7.28. The van der Waals surface area contributed by atoms with Gasteiger partial charge in [-0.1, -0.05) is 6.07 Å². The summed E-state index contributed by atoms with van der Waals surface area (Å²) in [6.07, 6.45) is -0.421. The maximum absolute atomic E-state index is 13.7. The molecule has 1 aliphatic rings. The summed E-state index contributed by atoms with van der Waals surface area (Å²) in [4.78, 5) is 25.3. The first-order valence-corrected chi connectivity index (χ1v) is 7.28. The van der Waals surface area contributed by atoms with Gasteiger partial charge in [-0.15, -0.1) is 0 Å². The molecule has 3 rings (SSSR count). The Morgan fingerprint density at radius 2 is 2.12 bits per heavy atom. The molecule has 2 amide bonds. The van der Waals surface area contributed by atoms with E-state index >= 15 is 0 Å². The van der Waals surface area contributed by atoms with Gasteiger partial charge in [-0.3, -0.25) is 9.69 Å². The molecule has 0 unspecified atom stereocenters. The Kier molecular flexibility index (Phi) is 4.33. The lowest BCUT2D eigenvalue weighted by molar-refractivity contribution is 0.102. The van der Waals surface area contributed by atoms with Crippen LogP contribution >= 0.6 is 0 Å². The largest absolute Gasteiger partial charge is 0.494 e. The van der Waals surface area contributed by atoms with Crippen LogP contribution < -0.4 is 15.0 Å². The number of cyclic esters (lactones) is 1. The molecule has 1 N–H and O–H groups in total. The fourth-order valence-corrected chi connectivity index (χ4v) is 2.39. The van der Waals surface area contributed by atoms with Crippen LogP contribution in [-0.2, 0) is 4.74 Å². The Labute approximate surface area is 137 Å². The molecule has 7 heteroatoms. The minimum absolute atomic E-state index is 0.0705. The van der Waals surface area contributed by atoms with Crippen LogP contribution in [0.4, 0.5) is 20.6 Å². The molecule has 24 heavy (non-hydrogen) atoms. The van der Waals surface area contributed by atoms with E-state index in [9.17, 15) is 14.0 Å². The zero-order valence-corrected chi connectivity index (χ0v) is 12.9. The van der Waals surface area contributed by atoms with Crippen LogP contribution in [-0.4, -0.2) is 32.3 Å². The summed E-state index contributed by atoms with van der Waals surface area (Å²) in [6, 6.07) is 10.8. The maximum atomic E-state index is 13.7. The zero-order chi connectivity index (χ0) is 17.1. The van der Waals surface area contributed by atoms with Gasteiger partial charge in [0.25, 0.3) is 5.91 Å². The highest BCUT2D eigenvalue weighted by molar-refractivity contribution is 6.04. The van der Waals surface area contributed by atoms with E-state index in [1.807, 2.05) is 0 Å². The van der Waals surface area contributed by atoms with E-state index in [0.717, 1.165) is 6.07 Å². The highest BCUT2D eigenvalue weighted by atomic mass is 19.1. The number of hydrogen-bond donors (Lipinski definition) is 1. The smallest absolute Gasteiger partial charge is 0.414 e. The molecule has 1 aliphatic heterocycles. The van der Waals surface area contributed by atoms with Gasteiger partial charge in [0.05, 0.1) is 13.7 Å². The molecule has 0 bridgehead atoms. The Bertz CT molecular complexity index is 794. The standard InChI is InChI=1S/C17H15FN2O4/c1-23-15-6-5-11(9-14(15)18)16(21)19-12-3-2-4-13(10-12)20-7-8-24-17(20)22/h2-6,9-10H,7-8H2,1H3,(H,19,21). The molecule has 6 nitrogen and oxygen atoms in total.